The fraction of sp³-hybridized carbons (Fsp3) is 0.765. The van der Waals surface area contributed by atoms with Gasteiger partial charge in [0.1, 0.15) is 5.41 Å². The van der Waals surface area contributed by atoms with E-state index < -0.39 is 50.2 Å². The largest absolute Gasteiger partial charge is 0.290 e. The Hall–Kier alpha value is -1.32. The Morgan fingerprint density at radius 3 is 0.857 bits per heavy atom. The summed E-state index contributed by atoms with van der Waals surface area (Å²) < 4.78 is 0. The highest BCUT2D eigenvalue weighted by molar-refractivity contribution is 6.58. The Morgan fingerprint density at radius 1 is 0.476 bits per heavy atom. The highest BCUT2D eigenvalue weighted by atomic mass is 16.2. The van der Waals surface area contributed by atoms with E-state index in [2.05, 4.69) is 0 Å². The molecular weight excluding hydrogens is 268 g/mol. The number of Topliss-reactive ketones (excluding diaryl/α,β-unsaturated/α-hetero) is 4. The summed E-state index contributed by atoms with van der Waals surface area (Å²) in [6.45, 7) is 13.9. The lowest BCUT2D eigenvalue weighted by Gasteiger charge is -2.51. The highest BCUT2D eigenvalue weighted by Gasteiger charge is 2.83. The number of rotatable bonds is 0. The lowest BCUT2D eigenvalue weighted by Crippen LogP contribution is -2.55. The van der Waals surface area contributed by atoms with E-state index in [9.17, 15) is 19.2 Å². The summed E-state index contributed by atoms with van der Waals surface area (Å²) in [5, 5.41) is 0. The van der Waals surface area contributed by atoms with E-state index in [4.69, 9.17) is 0 Å². The summed E-state index contributed by atoms with van der Waals surface area (Å²) in [7, 11) is 0. The first kappa shape index (κ1) is 16.1. The molecule has 0 aliphatic heterocycles. The summed E-state index contributed by atoms with van der Waals surface area (Å²) in [4.78, 5) is 50.9. The topological polar surface area (TPSA) is 68.3 Å². The molecule has 1 spiro atoms. The minimum Gasteiger partial charge on any atom is -0.290 e. The molecule has 0 aromatic rings. The van der Waals surface area contributed by atoms with Gasteiger partial charge in [-0.05, 0) is 10.8 Å². The highest BCUT2D eigenvalue weighted by Crippen LogP contribution is 2.72. The number of ketones is 4. The average Bonchev–Trinajstić information content (AvgIpc) is 2.51. The maximum absolute atomic E-state index is 12.9. The molecule has 4 heteroatoms. The molecule has 0 bridgehead atoms. The third-order valence-corrected chi connectivity index (χ3v) is 7.23. The smallest absolute Gasteiger partial charge is 0.214 e. The van der Waals surface area contributed by atoms with Crippen molar-refractivity contribution in [1.82, 2.24) is 0 Å². The molecule has 0 aromatic heterocycles. The molecule has 0 N–H and O–H groups in total. The Labute approximate surface area is 125 Å². The predicted molar refractivity (Wildman–Crippen MR) is 77.6 cm³/mol. The van der Waals surface area contributed by atoms with Gasteiger partial charge in [0.25, 0.3) is 0 Å². The minimum absolute atomic E-state index is 0.542. The number of hydrogen-bond acceptors (Lipinski definition) is 4. The van der Waals surface area contributed by atoms with Crippen LogP contribution in [0.4, 0.5) is 0 Å². The molecule has 0 heterocycles. The zero-order valence-electron chi connectivity index (χ0n) is 14.1. The minimum atomic E-state index is -1.57. The van der Waals surface area contributed by atoms with Gasteiger partial charge in [-0.1, -0.05) is 55.4 Å². The Bertz CT molecular complexity index is 548. The van der Waals surface area contributed by atoms with Crippen LogP contribution in [0.1, 0.15) is 55.4 Å². The van der Waals surface area contributed by atoms with Gasteiger partial charge in [0, 0.05) is 10.8 Å². The summed E-state index contributed by atoms with van der Waals surface area (Å²) in [6.07, 6.45) is 0. The third kappa shape index (κ3) is 1.17. The van der Waals surface area contributed by atoms with Crippen LogP contribution in [-0.4, -0.2) is 23.1 Å². The first-order valence-electron chi connectivity index (χ1n) is 7.32. The van der Waals surface area contributed by atoms with Crippen molar-refractivity contribution in [2.75, 3.05) is 0 Å². The first-order valence-corrected chi connectivity index (χ1v) is 7.32. The van der Waals surface area contributed by atoms with Gasteiger partial charge in [0.05, 0.1) is 0 Å². The van der Waals surface area contributed by atoms with E-state index in [0.29, 0.717) is 0 Å². The maximum Gasteiger partial charge on any atom is 0.214 e. The molecule has 0 saturated heterocycles. The van der Waals surface area contributed by atoms with Crippen molar-refractivity contribution < 1.29 is 19.2 Å². The number of carbonyl (C=O) groups is 4. The van der Waals surface area contributed by atoms with E-state index in [1.165, 1.54) is 0 Å². The summed E-state index contributed by atoms with van der Waals surface area (Å²) in [5.41, 5.74) is -5.35. The van der Waals surface area contributed by atoms with Crippen molar-refractivity contribution in [2.45, 2.75) is 55.4 Å². The normalized spacial score (nSPS) is 31.2. The average molecular weight is 292 g/mol. The predicted octanol–water partition coefficient (Wildman–Crippen LogP) is 2.38. The van der Waals surface area contributed by atoms with Crippen LogP contribution in [0, 0.1) is 27.1 Å². The Kier molecular flexibility index (Phi) is 2.70. The van der Waals surface area contributed by atoms with Crippen molar-refractivity contribution in [2.24, 2.45) is 27.1 Å². The summed E-state index contributed by atoms with van der Waals surface area (Å²) in [5.74, 6) is -2.46. The van der Waals surface area contributed by atoms with Gasteiger partial charge >= 0.3 is 0 Å². The van der Waals surface area contributed by atoms with Gasteiger partial charge in [-0.15, -0.1) is 0 Å². The van der Waals surface area contributed by atoms with E-state index in [0.717, 1.165) is 0 Å². The van der Waals surface area contributed by atoms with Crippen LogP contribution in [0.3, 0.4) is 0 Å². The molecule has 2 fully saturated rings. The number of hydrogen-bond donors (Lipinski definition) is 0. The van der Waals surface area contributed by atoms with E-state index >= 15 is 0 Å². The van der Waals surface area contributed by atoms with E-state index in [1.807, 2.05) is 0 Å². The first-order chi connectivity index (χ1) is 9.13. The van der Waals surface area contributed by atoms with Gasteiger partial charge in [0.15, 0.2) is 0 Å². The van der Waals surface area contributed by atoms with Crippen molar-refractivity contribution in [3.8, 4) is 0 Å². The third-order valence-electron chi connectivity index (χ3n) is 7.23. The van der Waals surface area contributed by atoms with Crippen molar-refractivity contribution in [3.05, 3.63) is 0 Å². The lowest BCUT2D eigenvalue weighted by molar-refractivity contribution is -0.156. The van der Waals surface area contributed by atoms with Crippen molar-refractivity contribution in [1.29, 1.82) is 0 Å². The van der Waals surface area contributed by atoms with E-state index in [-0.39, 0.29) is 0 Å². The van der Waals surface area contributed by atoms with Crippen LogP contribution >= 0.6 is 0 Å². The fourth-order valence-corrected chi connectivity index (χ4v) is 4.43. The van der Waals surface area contributed by atoms with Gasteiger partial charge < -0.3 is 0 Å². The molecule has 116 valence electrons. The van der Waals surface area contributed by atoms with Gasteiger partial charge in [-0.2, -0.15) is 0 Å². The molecule has 0 amide bonds. The molecule has 0 radical (unpaired) electrons. The van der Waals surface area contributed by atoms with Gasteiger partial charge in [-0.25, -0.2) is 0 Å². The van der Waals surface area contributed by atoms with E-state index in [1.54, 1.807) is 55.4 Å². The lowest BCUT2D eigenvalue weighted by atomic mass is 9.48. The Morgan fingerprint density at radius 2 is 0.714 bits per heavy atom. The van der Waals surface area contributed by atoms with Gasteiger partial charge in [-0.3, -0.25) is 19.2 Å². The van der Waals surface area contributed by atoms with Gasteiger partial charge in [0.2, 0.25) is 23.1 Å². The molecule has 2 aliphatic carbocycles. The second-order valence-electron chi connectivity index (χ2n) is 8.57. The fourth-order valence-electron chi connectivity index (χ4n) is 4.43. The van der Waals surface area contributed by atoms with Crippen LogP contribution in [-0.2, 0) is 19.2 Å². The second kappa shape index (κ2) is 3.53. The van der Waals surface area contributed by atoms with Crippen LogP contribution in [0.25, 0.3) is 0 Å². The van der Waals surface area contributed by atoms with Crippen LogP contribution < -0.4 is 0 Å². The molecule has 0 aromatic carbocycles. The summed E-state index contributed by atoms with van der Waals surface area (Å²) in [6, 6.07) is 0. The molecule has 21 heavy (non-hydrogen) atoms. The van der Waals surface area contributed by atoms with Crippen molar-refractivity contribution in [3.63, 3.8) is 0 Å². The molecule has 0 atom stereocenters. The standard InChI is InChI=1S/C17H24O4/c1-13(2)9(18)11(20)17(15(13,5)6)12(21)10(19)14(3,4)16(17,7)8/h1-8H3. The molecule has 2 rings (SSSR count). The van der Waals surface area contributed by atoms with Crippen molar-refractivity contribution >= 4 is 23.1 Å². The number of carbonyl (C=O) groups excluding carboxylic acids is 4. The quantitative estimate of drug-likeness (QED) is 0.508. The zero-order chi connectivity index (χ0) is 16.8. The maximum atomic E-state index is 12.9. The molecule has 2 aliphatic rings. The molecule has 4 nitrogen and oxygen atoms in total. The SMILES string of the molecule is CC1(C)C(=O)C(=O)C2(C(=O)C(=O)C(C)(C)C2(C)C)C1(C)C. The molecule has 2 saturated carbocycles. The summed E-state index contributed by atoms with van der Waals surface area (Å²) >= 11 is 0. The zero-order valence-corrected chi connectivity index (χ0v) is 14.1. The van der Waals surface area contributed by atoms with Crippen LogP contribution in [0.5, 0.6) is 0 Å². The monoisotopic (exact) mass is 292 g/mol. The molecular formula is C17H24O4. The second-order valence-corrected chi connectivity index (χ2v) is 8.57. The molecule has 0 unspecified atom stereocenters. The Balaban J connectivity index is 2.96. The van der Waals surface area contributed by atoms with Crippen LogP contribution in [0.15, 0.2) is 0 Å². The van der Waals surface area contributed by atoms with Crippen LogP contribution in [0.2, 0.25) is 0 Å².